The molecular formula is C23H27FN4O2S2. The van der Waals surface area contributed by atoms with Crippen LogP contribution in [0.15, 0.2) is 106 Å². The van der Waals surface area contributed by atoms with E-state index in [1.165, 1.54) is 18.0 Å². The molecule has 9 heteroatoms. The second-order valence-electron chi connectivity index (χ2n) is 7.01. The molecule has 2 heterocycles. The molecule has 0 saturated carbocycles. The highest BCUT2D eigenvalue weighted by molar-refractivity contribution is 8.13. The van der Waals surface area contributed by atoms with Gasteiger partial charge >= 0.3 is 0 Å². The zero-order valence-electron chi connectivity index (χ0n) is 17.5. The van der Waals surface area contributed by atoms with Crippen LogP contribution in [-0.4, -0.2) is 50.0 Å². The molecule has 1 aromatic carbocycles. The molecule has 0 aromatic heterocycles. The standard InChI is InChI=1S/C23H25FN4OS2.H2O/c1-19(11-7-4-2-3-5-10-14-26-18-24)23-17-28(15-20(23)16-30-22(25)27-23)31(29)21-12-8-6-9-13-21;/h2-14,18,20H,1,15-17H2,(H2,25,27);1H2/b4-2+,5-3+,11-7-,14-10-,26-18?;/t20-,23+,31?;/m0./s1. The Morgan fingerprint density at radius 3 is 2.66 bits per heavy atom. The van der Waals surface area contributed by atoms with E-state index < -0.39 is 16.5 Å². The fourth-order valence-electron chi connectivity index (χ4n) is 3.54. The Morgan fingerprint density at radius 2 is 1.94 bits per heavy atom. The molecule has 0 amide bonds. The van der Waals surface area contributed by atoms with Gasteiger partial charge in [0.2, 0.25) is 0 Å². The van der Waals surface area contributed by atoms with Crippen LogP contribution < -0.4 is 5.73 Å². The molecule has 3 rings (SSSR count). The second kappa shape index (κ2) is 12.4. The van der Waals surface area contributed by atoms with Crippen molar-refractivity contribution in [3.05, 3.63) is 91.2 Å². The van der Waals surface area contributed by atoms with Crippen LogP contribution in [0.3, 0.4) is 0 Å². The lowest BCUT2D eigenvalue weighted by Crippen LogP contribution is -2.43. The van der Waals surface area contributed by atoms with Gasteiger partial charge in [0, 0.05) is 31.0 Å². The average molecular weight is 475 g/mol. The summed E-state index contributed by atoms with van der Waals surface area (Å²) in [5, 5.41) is 0.541. The molecule has 32 heavy (non-hydrogen) atoms. The summed E-state index contributed by atoms with van der Waals surface area (Å²) < 4.78 is 26.8. The predicted octanol–water partition coefficient (Wildman–Crippen LogP) is 3.35. The predicted molar refractivity (Wildman–Crippen MR) is 134 cm³/mol. The van der Waals surface area contributed by atoms with Gasteiger partial charge in [0.15, 0.2) is 11.6 Å². The summed E-state index contributed by atoms with van der Waals surface area (Å²) in [7, 11) is -1.26. The largest absolute Gasteiger partial charge is 0.412 e. The number of rotatable bonds is 8. The smallest absolute Gasteiger partial charge is 0.175 e. The maximum Gasteiger partial charge on any atom is 0.175 e. The van der Waals surface area contributed by atoms with Gasteiger partial charge in [-0.2, -0.15) is 4.39 Å². The fraction of sp³-hybridized carbons (Fsp3) is 0.217. The first-order valence-electron chi connectivity index (χ1n) is 9.74. The van der Waals surface area contributed by atoms with E-state index in [0.717, 1.165) is 16.2 Å². The van der Waals surface area contributed by atoms with Crippen molar-refractivity contribution in [3.63, 3.8) is 0 Å². The number of fused-ring (bicyclic) bond motifs is 1. The van der Waals surface area contributed by atoms with Crippen molar-refractivity contribution in [3.8, 4) is 0 Å². The Morgan fingerprint density at radius 1 is 1.25 bits per heavy atom. The van der Waals surface area contributed by atoms with Crippen molar-refractivity contribution < 1.29 is 14.1 Å². The van der Waals surface area contributed by atoms with Gasteiger partial charge in [-0.25, -0.2) is 18.5 Å². The van der Waals surface area contributed by atoms with E-state index >= 15 is 0 Å². The second-order valence-corrected chi connectivity index (χ2v) is 9.54. The SMILES string of the molecule is C=C(\C=C/C=C/C=C/C=C\N=CF)[C@]12CN(S(=O)c3ccccc3)C[C@H]1CSC(N)=N2.O. The van der Waals surface area contributed by atoms with Gasteiger partial charge < -0.3 is 11.2 Å². The average Bonchev–Trinajstić information content (AvgIpc) is 3.18. The third-order valence-electron chi connectivity index (χ3n) is 5.08. The van der Waals surface area contributed by atoms with Crippen LogP contribution in [0.4, 0.5) is 4.39 Å². The molecule has 170 valence electrons. The topological polar surface area (TPSA) is 103 Å². The van der Waals surface area contributed by atoms with Crippen molar-refractivity contribution >= 4 is 34.4 Å². The summed E-state index contributed by atoms with van der Waals surface area (Å²) in [6.07, 6.45) is 14.1. The van der Waals surface area contributed by atoms with Crippen LogP contribution >= 0.6 is 11.8 Å². The lowest BCUT2D eigenvalue weighted by molar-refractivity contribution is 0.442. The van der Waals surface area contributed by atoms with Gasteiger partial charge in [-0.15, -0.1) is 0 Å². The van der Waals surface area contributed by atoms with Crippen LogP contribution in [0.25, 0.3) is 0 Å². The number of aliphatic imine (C=N–C) groups is 2. The molecule has 2 aliphatic rings. The van der Waals surface area contributed by atoms with Gasteiger partial charge in [0.05, 0.1) is 4.90 Å². The number of nitrogens with zero attached hydrogens (tertiary/aromatic N) is 3. The fourth-order valence-corrected chi connectivity index (χ4v) is 5.84. The maximum atomic E-state index is 13.1. The monoisotopic (exact) mass is 474 g/mol. The number of hydrogen-bond acceptors (Lipinski definition) is 5. The van der Waals surface area contributed by atoms with Gasteiger partial charge in [-0.3, -0.25) is 0 Å². The summed E-state index contributed by atoms with van der Waals surface area (Å²) in [4.78, 5) is 8.91. The highest BCUT2D eigenvalue weighted by Gasteiger charge is 2.51. The molecule has 3 atom stereocenters. The molecular weight excluding hydrogens is 447 g/mol. The molecule has 1 saturated heterocycles. The molecule has 2 aliphatic heterocycles. The van der Waals surface area contributed by atoms with Crippen molar-refractivity contribution in [2.24, 2.45) is 21.6 Å². The Kier molecular flexibility index (Phi) is 9.98. The molecule has 6 nitrogen and oxygen atoms in total. The number of amidine groups is 1. The molecule has 0 radical (unpaired) electrons. The Balaban J connectivity index is 0.00000363. The summed E-state index contributed by atoms with van der Waals surface area (Å²) in [6.45, 7) is 5.70. The number of benzene rings is 1. The first-order valence-corrected chi connectivity index (χ1v) is 11.8. The number of allylic oxidation sites excluding steroid dienone is 6. The number of hydrogen-bond donors (Lipinski definition) is 1. The van der Waals surface area contributed by atoms with Gasteiger partial charge in [0.25, 0.3) is 0 Å². The highest BCUT2D eigenvalue weighted by atomic mass is 32.2. The summed E-state index contributed by atoms with van der Waals surface area (Å²) >= 11 is 1.54. The van der Waals surface area contributed by atoms with Crippen LogP contribution in [0.2, 0.25) is 0 Å². The van der Waals surface area contributed by atoms with E-state index in [1.54, 1.807) is 12.2 Å². The van der Waals surface area contributed by atoms with Gasteiger partial charge in [-0.05, 0) is 23.8 Å². The Bertz CT molecular complexity index is 989. The van der Waals surface area contributed by atoms with Crippen molar-refractivity contribution in [2.45, 2.75) is 10.4 Å². The number of thioether (sulfide) groups is 1. The molecule has 1 aromatic rings. The number of nitrogens with two attached hydrogens (primary N) is 1. The van der Waals surface area contributed by atoms with E-state index in [2.05, 4.69) is 11.6 Å². The Hall–Kier alpha value is -2.59. The van der Waals surface area contributed by atoms with Gasteiger partial charge in [-0.1, -0.05) is 73.0 Å². The normalized spacial score (nSPS) is 25.0. The first-order chi connectivity index (χ1) is 15.1. The minimum Gasteiger partial charge on any atom is -0.412 e. The van der Waals surface area contributed by atoms with Crippen molar-refractivity contribution in [1.82, 2.24) is 4.31 Å². The van der Waals surface area contributed by atoms with Crippen LogP contribution in [0, 0.1) is 5.92 Å². The number of halogens is 1. The lowest BCUT2D eigenvalue weighted by atomic mass is 9.82. The first kappa shape index (κ1) is 25.7. The van der Waals surface area contributed by atoms with E-state index in [9.17, 15) is 8.60 Å². The zero-order valence-corrected chi connectivity index (χ0v) is 19.1. The zero-order chi connectivity index (χ0) is 22.1. The molecule has 0 aliphatic carbocycles. The minimum absolute atomic E-state index is 0. The van der Waals surface area contributed by atoms with Crippen LogP contribution in [0.1, 0.15) is 0 Å². The van der Waals surface area contributed by atoms with E-state index in [1.807, 2.05) is 65.0 Å². The Labute approximate surface area is 194 Å². The summed E-state index contributed by atoms with van der Waals surface area (Å²) in [6, 6.07) is 9.46. The van der Waals surface area contributed by atoms with Crippen LogP contribution in [0.5, 0.6) is 0 Å². The lowest BCUT2D eigenvalue weighted by Gasteiger charge is -2.35. The van der Waals surface area contributed by atoms with Gasteiger partial charge in [0.1, 0.15) is 16.5 Å². The third-order valence-corrected chi connectivity index (χ3v) is 7.45. The van der Waals surface area contributed by atoms with Crippen LogP contribution in [-0.2, 0) is 11.0 Å². The van der Waals surface area contributed by atoms with Crippen molar-refractivity contribution in [2.75, 3.05) is 18.8 Å². The van der Waals surface area contributed by atoms with E-state index in [0.29, 0.717) is 18.3 Å². The minimum atomic E-state index is -1.26. The molecule has 1 unspecified atom stereocenters. The summed E-state index contributed by atoms with van der Waals surface area (Å²) in [5.74, 6) is 0.997. The highest BCUT2D eigenvalue weighted by Crippen LogP contribution is 2.43. The molecule has 4 N–H and O–H groups in total. The molecule has 0 spiro atoms. The quantitative estimate of drug-likeness (QED) is 0.462. The summed E-state index contributed by atoms with van der Waals surface area (Å²) in [5.41, 5.74) is 6.35. The molecule has 1 fully saturated rings. The van der Waals surface area contributed by atoms with E-state index in [-0.39, 0.29) is 17.9 Å². The molecule has 0 bridgehead atoms. The van der Waals surface area contributed by atoms with Crippen molar-refractivity contribution in [1.29, 1.82) is 0 Å². The maximum absolute atomic E-state index is 13.1. The third kappa shape index (κ3) is 6.23. The van der Waals surface area contributed by atoms with E-state index in [4.69, 9.17) is 10.7 Å².